The first-order valence-corrected chi connectivity index (χ1v) is 7.43. The van der Waals surface area contributed by atoms with Crippen molar-refractivity contribution >= 4 is 27.3 Å². The lowest BCUT2D eigenvalue weighted by atomic mass is 10.0. The molecular weight excluding hydrogens is 315 g/mol. The number of benzene rings is 1. The summed E-state index contributed by atoms with van der Waals surface area (Å²) < 4.78 is 14.1. The Morgan fingerprint density at radius 3 is 2.89 bits per heavy atom. The molecule has 0 aliphatic rings. The largest absolute Gasteiger partial charge is 0.309 e. The number of aromatic nitrogens is 1. The zero-order chi connectivity index (χ0) is 13.0. The summed E-state index contributed by atoms with van der Waals surface area (Å²) in [6.07, 6.45) is 2.62. The fourth-order valence-corrected chi connectivity index (χ4v) is 3.09. The molecule has 0 amide bonds. The van der Waals surface area contributed by atoms with Gasteiger partial charge < -0.3 is 5.32 Å². The van der Waals surface area contributed by atoms with Gasteiger partial charge in [-0.05, 0) is 36.7 Å². The molecule has 0 bridgehead atoms. The van der Waals surface area contributed by atoms with Crippen LogP contribution in [0.4, 0.5) is 4.39 Å². The van der Waals surface area contributed by atoms with E-state index in [9.17, 15) is 4.39 Å². The van der Waals surface area contributed by atoms with E-state index in [1.165, 1.54) is 10.9 Å². The standard InChI is InChI=1S/C13H14BrFN2S/c1-2-17-12(13-7-16-8-18-13)5-9-3-10(14)6-11(15)4-9/h3-4,6-8,12,17H,2,5H2,1H3. The van der Waals surface area contributed by atoms with Crippen molar-refractivity contribution in [2.24, 2.45) is 0 Å². The van der Waals surface area contributed by atoms with Crippen LogP contribution in [0.5, 0.6) is 0 Å². The summed E-state index contributed by atoms with van der Waals surface area (Å²) in [4.78, 5) is 5.28. The molecule has 2 nitrogen and oxygen atoms in total. The number of nitrogens with one attached hydrogen (secondary N) is 1. The summed E-state index contributed by atoms with van der Waals surface area (Å²) in [5.41, 5.74) is 2.79. The van der Waals surface area contributed by atoms with E-state index in [1.54, 1.807) is 17.4 Å². The van der Waals surface area contributed by atoms with Crippen molar-refractivity contribution in [1.29, 1.82) is 0 Å². The Morgan fingerprint density at radius 1 is 1.44 bits per heavy atom. The van der Waals surface area contributed by atoms with Gasteiger partial charge in [-0.15, -0.1) is 11.3 Å². The molecule has 0 spiro atoms. The van der Waals surface area contributed by atoms with E-state index in [-0.39, 0.29) is 11.9 Å². The van der Waals surface area contributed by atoms with Crippen molar-refractivity contribution in [1.82, 2.24) is 10.3 Å². The molecule has 2 rings (SSSR count). The quantitative estimate of drug-likeness (QED) is 0.899. The van der Waals surface area contributed by atoms with Gasteiger partial charge in [-0.2, -0.15) is 0 Å². The van der Waals surface area contributed by atoms with Gasteiger partial charge in [0.05, 0.1) is 5.51 Å². The second kappa shape index (κ2) is 6.41. The lowest BCUT2D eigenvalue weighted by molar-refractivity contribution is 0.553. The van der Waals surface area contributed by atoms with Crippen LogP contribution in [0, 0.1) is 5.82 Å². The van der Waals surface area contributed by atoms with Gasteiger partial charge in [0.1, 0.15) is 5.82 Å². The Kier molecular flexibility index (Phi) is 4.86. The summed E-state index contributed by atoms with van der Waals surface area (Å²) in [5.74, 6) is -0.209. The molecule has 0 saturated carbocycles. The van der Waals surface area contributed by atoms with Crippen molar-refractivity contribution < 1.29 is 4.39 Å². The van der Waals surface area contributed by atoms with Gasteiger partial charge in [0.15, 0.2) is 0 Å². The second-order valence-corrected chi connectivity index (χ2v) is 5.83. The van der Waals surface area contributed by atoms with Gasteiger partial charge in [0, 0.05) is 21.6 Å². The maximum atomic E-state index is 13.3. The summed E-state index contributed by atoms with van der Waals surface area (Å²) in [6.45, 7) is 2.94. The van der Waals surface area contributed by atoms with Crippen LogP contribution in [-0.2, 0) is 6.42 Å². The average molecular weight is 329 g/mol. The molecule has 18 heavy (non-hydrogen) atoms. The summed E-state index contributed by atoms with van der Waals surface area (Å²) in [6, 6.07) is 5.19. The predicted octanol–water partition coefficient (Wildman–Crippen LogP) is 3.94. The molecule has 0 saturated heterocycles. The number of thiazole rings is 1. The van der Waals surface area contributed by atoms with Gasteiger partial charge >= 0.3 is 0 Å². The monoisotopic (exact) mass is 328 g/mol. The average Bonchev–Trinajstić information content (AvgIpc) is 2.80. The molecule has 0 fully saturated rings. The van der Waals surface area contributed by atoms with E-state index in [0.29, 0.717) is 0 Å². The number of hydrogen-bond donors (Lipinski definition) is 1. The van der Waals surface area contributed by atoms with Gasteiger partial charge in [-0.3, -0.25) is 4.98 Å². The normalized spacial score (nSPS) is 12.6. The molecule has 1 heterocycles. The maximum absolute atomic E-state index is 13.3. The van der Waals surface area contributed by atoms with Gasteiger partial charge in [-0.1, -0.05) is 22.9 Å². The molecular formula is C13H14BrFN2S. The number of halogens is 2. The molecule has 0 aliphatic carbocycles. The van der Waals surface area contributed by atoms with Crippen molar-refractivity contribution in [2.75, 3.05) is 6.54 Å². The number of likely N-dealkylation sites (N-methyl/N-ethyl adjacent to an activating group) is 1. The van der Waals surface area contributed by atoms with E-state index >= 15 is 0 Å². The Bertz CT molecular complexity index is 481. The van der Waals surface area contributed by atoms with E-state index in [2.05, 4.69) is 33.2 Å². The topological polar surface area (TPSA) is 24.9 Å². The lowest BCUT2D eigenvalue weighted by Gasteiger charge is -2.16. The lowest BCUT2D eigenvalue weighted by Crippen LogP contribution is -2.22. The number of hydrogen-bond acceptors (Lipinski definition) is 3. The van der Waals surface area contributed by atoms with Gasteiger partial charge in [-0.25, -0.2) is 4.39 Å². The number of rotatable bonds is 5. The Morgan fingerprint density at radius 2 is 2.28 bits per heavy atom. The van der Waals surface area contributed by atoms with Crippen LogP contribution in [0.1, 0.15) is 23.4 Å². The summed E-state index contributed by atoms with van der Waals surface area (Å²) in [7, 11) is 0. The molecule has 1 aromatic heterocycles. The number of nitrogens with zero attached hydrogens (tertiary/aromatic N) is 1. The highest BCUT2D eigenvalue weighted by Gasteiger charge is 2.13. The Hall–Kier alpha value is -0.780. The third kappa shape index (κ3) is 3.60. The van der Waals surface area contributed by atoms with Crippen molar-refractivity contribution in [3.63, 3.8) is 0 Å². The predicted molar refractivity (Wildman–Crippen MR) is 76.3 cm³/mol. The second-order valence-electron chi connectivity index (χ2n) is 4.00. The summed E-state index contributed by atoms with van der Waals surface area (Å²) in [5, 5.41) is 3.41. The fraction of sp³-hybridized carbons (Fsp3) is 0.308. The third-order valence-electron chi connectivity index (χ3n) is 2.61. The Labute approximate surface area is 118 Å². The molecule has 1 unspecified atom stereocenters. The molecule has 5 heteroatoms. The highest BCUT2D eigenvalue weighted by atomic mass is 79.9. The van der Waals surface area contributed by atoms with Crippen LogP contribution >= 0.6 is 27.3 Å². The van der Waals surface area contributed by atoms with E-state index < -0.39 is 0 Å². The zero-order valence-corrected chi connectivity index (χ0v) is 12.4. The third-order valence-corrected chi connectivity index (χ3v) is 3.95. The Balaban J connectivity index is 2.18. The molecule has 96 valence electrons. The molecule has 2 aromatic rings. The van der Waals surface area contributed by atoms with Crippen LogP contribution in [0.3, 0.4) is 0 Å². The van der Waals surface area contributed by atoms with Crippen LogP contribution in [0.25, 0.3) is 0 Å². The van der Waals surface area contributed by atoms with E-state index in [0.717, 1.165) is 23.0 Å². The van der Waals surface area contributed by atoms with E-state index in [1.807, 2.05) is 17.8 Å². The van der Waals surface area contributed by atoms with Gasteiger partial charge in [0.2, 0.25) is 0 Å². The molecule has 1 aromatic carbocycles. The van der Waals surface area contributed by atoms with Crippen LogP contribution < -0.4 is 5.32 Å². The zero-order valence-electron chi connectivity index (χ0n) is 9.99. The van der Waals surface area contributed by atoms with Crippen LogP contribution in [0.15, 0.2) is 34.4 Å². The minimum Gasteiger partial charge on any atom is -0.309 e. The van der Waals surface area contributed by atoms with Crippen LogP contribution in [-0.4, -0.2) is 11.5 Å². The first kappa shape index (κ1) is 13.6. The minimum absolute atomic E-state index is 0.191. The SMILES string of the molecule is CCNC(Cc1cc(F)cc(Br)c1)c1cncs1. The minimum atomic E-state index is -0.209. The van der Waals surface area contributed by atoms with Crippen LogP contribution in [0.2, 0.25) is 0 Å². The highest BCUT2D eigenvalue weighted by molar-refractivity contribution is 9.10. The van der Waals surface area contributed by atoms with E-state index in [4.69, 9.17) is 0 Å². The first-order valence-electron chi connectivity index (χ1n) is 5.75. The van der Waals surface area contributed by atoms with Gasteiger partial charge in [0.25, 0.3) is 0 Å². The van der Waals surface area contributed by atoms with Crippen molar-refractivity contribution in [3.8, 4) is 0 Å². The van der Waals surface area contributed by atoms with Crippen molar-refractivity contribution in [2.45, 2.75) is 19.4 Å². The molecule has 0 radical (unpaired) electrons. The van der Waals surface area contributed by atoms with Crippen molar-refractivity contribution in [3.05, 3.63) is 50.6 Å². The smallest absolute Gasteiger partial charge is 0.124 e. The summed E-state index contributed by atoms with van der Waals surface area (Å²) >= 11 is 4.94. The molecule has 1 N–H and O–H groups in total. The first-order chi connectivity index (χ1) is 8.69. The maximum Gasteiger partial charge on any atom is 0.124 e. The fourth-order valence-electron chi connectivity index (χ4n) is 1.88. The molecule has 0 aliphatic heterocycles. The highest BCUT2D eigenvalue weighted by Crippen LogP contribution is 2.24. The molecule has 1 atom stereocenters.